The molecule has 0 aliphatic carbocycles. The number of fused-ring (bicyclic) bond motifs is 1. The summed E-state index contributed by atoms with van der Waals surface area (Å²) in [5, 5.41) is 15.2. The highest BCUT2D eigenvalue weighted by molar-refractivity contribution is 5.94. The van der Waals surface area contributed by atoms with Crippen molar-refractivity contribution < 1.29 is 4.92 Å². The third kappa shape index (κ3) is 3.35. The van der Waals surface area contributed by atoms with Crippen molar-refractivity contribution in [3.8, 4) is 11.3 Å². The lowest BCUT2D eigenvalue weighted by atomic mass is 10.0. The zero-order valence-electron chi connectivity index (χ0n) is 15.2. The van der Waals surface area contributed by atoms with Gasteiger partial charge in [0.15, 0.2) is 0 Å². The van der Waals surface area contributed by atoms with E-state index in [4.69, 9.17) is 0 Å². The molecule has 0 fully saturated rings. The molecule has 1 aromatic carbocycles. The number of hydrogen-bond donors (Lipinski definition) is 1. The highest BCUT2D eigenvalue weighted by Gasteiger charge is 2.16. The van der Waals surface area contributed by atoms with Crippen LogP contribution in [0.2, 0.25) is 0 Å². The van der Waals surface area contributed by atoms with E-state index < -0.39 is 4.92 Å². The largest absolute Gasteiger partial charge is 0.323 e. The first kappa shape index (κ1) is 17.5. The number of nitro groups is 1. The van der Waals surface area contributed by atoms with Gasteiger partial charge in [-0.15, -0.1) is 0 Å². The van der Waals surface area contributed by atoms with Crippen molar-refractivity contribution in [2.75, 3.05) is 5.32 Å². The van der Waals surface area contributed by atoms with Gasteiger partial charge in [-0.25, -0.2) is 9.97 Å². The van der Waals surface area contributed by atoms with Gasteiger partial charge in [0, 0.05) is 35.0 Å². The molecule has 138 valence electrons. The number of aryl methyl sites for hydroxylation is 2. The molecule has 8 heteroatoms. The Bertz CT molecular complexity index is 1190. The number of aromatic nitrogens is 4. The molecule has 0 radical (unpaired) electrons. The lowest BCUT2D eigenvalue weighted by Crippen LogP contribution is -2.01. The van der Waals surface area contributed by atoms with E-state index in [-0.39, 0.29) is 5.69 Å². The topological polar surface area (TPSA) is 107 Å². The highest BCUT2D eigenvalue weighted by Crippen LogP contribution is 2.32. The summed E-state index contributed by atoms with van der Waals surface area (Å²) in [6.07, 6.45) is 5.00. The zero-order valence-corrected chi connectivity index (χ0v) is 15.2. The maximum atomic E-state index is 11.2. The van der Waals surface area contributed by atoms with Crippen LogP contribution in [0.25, 0.3) is 22.2 Å². The Labute approximate surface area is 160 Å². The summed E-state index contributed by atoms with van der Waals surface area (Å²) in [5.74, 6) is 0.368. The van der Waals surface area contributed by atoms with E-state index in [2.05, 4.69) is 25.3 Å². The number of rotatable bonds is 4. The van der Waals surface area contributed by atoms with Crippen LogP contribution in [0.15, 0.2) is 55.0 Å². The van der Waals surface area contributed by atoms with E-state index in [9.17, 15) is 10.1 Å². The van der Waals surface area contributed by atoms with Crippen LogP contribution >= 0.6 is 0 Å². The summed E-state index contributed by atoms with van der Waals surface area (Å²) < 4.78 is 0. The molecular formula is C20H16N6O2. The Hall–Kier alpha value is -3.94. The highest BCUT2D eigenvalue weighted by atomic mass is 16.6. The Kier molecular flexibility index (Phi) is 4.36. The molecule has 8 nitrogen and oxygen atoms in total. The summed E-state index contributed by atoms with van der Waals surface area (Å²) in [6, 6.07) is 10.3. The van der Waals surface area contributed by atoms with Crippen LogP contribution < -0.4 is 5.32 Å². The summed E-state index contributed by atoms with van der Waals surface area (Å²) in [6.45, 7) is 3.80. The molecular weight excluding hydrogens is 356 g/mol. The first-order valence-electron chi connectivity index (χ1n) is 8.58. The van der Waals surface area contributed by atoms with Gasteiger partial charge >= 0.3 is 0 Å². The fourth-order valence-corrected chi connectivity index (χ4v) is 2.89. The van der Waals surface area contributed by atoms with Gasteiger partial charge in [0.2, 0.25) is 5.95 Å². The second-order valence-corrected chi connectivity index (χ2v) is 6.36. The minimum absolute atomic E-state index is 0.0127. The minimum atomic E-state index is -0.412. The number of pyridine rings is 2. The third-order valence-electron chi connectivity index (χ3n) is 4.35. The molecule has 3 aromatic heterocycles. The van der Waals surface area contributed by atoms with Gasteiger partial charge in [0.25, 0.3) is 5.69 Å². The van der Waals surface area contributed by atoms with Gasteiger partial charge in [0.1, 0.15) is 0 Å². The summed E-state index contributed by atoms with van der Waals surface area (Å²) >= 11 is 0. The van der Waals surface area contributed by atoms with Crippen molar-refractivity contribution in [2.24, 2.45) is 0 Å². The Morgan fingerprint density at radius 3 is 2.64 bits per heavy atom. The van der Waals surface area contributed by atoms with E-state index in [1.54, 1.807) is 30.7 Å². The fraction of sp³-hybridized carbons (Fsp3) is 0.100. The Morgan fingerprint density at radius 1 is 1.04 bits per heavy atom. The second kappa shape index (κ2) is 6.99. The van der Waals surface area contributed by atoms with Crippen LogP contribution in [0.4, 0.5) is 17.3 Å². The van der Waals surface area contributed by atoms with Gasteiger partial charge in [-0.3, -0.25) is 20.1 Å². The van der Waals surface area contributed by atoms with Gasteiger partial charge < -0.3 is 5.32 Å². The maximum Gasteiger partial charge on any atom is 0.270 e. The van der Waals surface area contributed by atoms with Crippen LogP contribution in [0.3, 0.4) is 0 Å². The van der Waals surface area contributed by atoms with E-state index >= 15 is 0 Å². The van der Waals surface area contributed by atoms with Crippen molar-refractivity contribution in [1.29, 1.82) is 0 Å². The van der Waals surface area contributed by atoms with E-state index in [1.807, 2.05) is 26.0 Å². The summed E-state index contributed by atoms with van der Waals surface area (Å²) in [7, 11) is 0. The first-order valence-corrected chi connectivity index (χ1v) is 8.58. The van der Waals surface area contributed by atoms with Gasteiger partial charge in [-0.1, -0.05) is 6.07 Å². The van der Waals surface area contributed by atoms with Crippen LogP contribution in [-0.4, -0.2) is 24.9 Å². The summed E-state index contributed by atoms with van der Waals surface area (Å²) in [4.78, 5) is 28.4. The first-order chi connectivity index (χ1) is 13.5. The van der Waals surface area contributed by atoms with Crippen molar-refractivity contribution in [3.63, 3.8) is 0 Å². The lowest BCUT2D eigenvalue weighted by molar-refractivity contribution is -0.384. The van der Waals surface area contributed by atoms with Crippen LogP contribution in [0.5, 0.6) is 0 Å². The number of anilines is 2. The number of nitro benzene ring substituents is 1. The predicted molar refractivity (Wildman–Crippen MR) is 106 cm³/mol. The molecule has 4 rings (SSSR count). The molecule has 1 N–H and O–H groups in total. The van der Waals surface area contributed by atoms with Crippen LogP contribution in [0.1, 0.15) is 11.3 Å². The van der Waals surface area contributed by atoms with Gasteiger partial charge in [-0.05, 0) is 37.6 Å². The number of nitrogens with zero attached hydrogens (tertiary/aromatic N) is 5. The van der Waals surface area contributed by atoms with Crippen molar-refractivity contribution in [2.45, 2.75) is 13.8 Å². The normalized spacial score (nSPS) is 10.8. The SMILES string of the molecule is Cc1ccc(Nc2nc(-c3cc([N+](=O)[O-])ccc3C)c3ccncc3n2)cn1. The molecule has 0 aliphatic rings. The third-order valence-corrected chi connectivity index (χ3v) is 4.35. The standard InChI is InChI=1S/C20H16N6O2/c1-12-3-6-15(26(27)28)9-17(12)19-16-7-8-21-11-18(16)24-20(25-19)23-14-5-4-13(2)22-10-14/h3-11H,1-2H3,(H,23,24,25). The molecule has 0 saturated heterocycles. The second-order valence-electron chi connectivity index (χ2n) is 6.36. The average molecular weight is 372 g/mol. The molecule has 0 unspecified atom stereocenters. The fourth-order valence-electron chi connectivity index (χ4n) is 2.89. The molecule has 0 aliphatic heterocycles. The number of benzene rings is 1. The average Bonchev–Trinajstić information content (AvgIpc) is 2.69. The molecule has 0 saturated carbocycles. The van der Waals surface area contributed by atoms with E-state index in [0.717, 1.165) is 22.3 Å². The van der Waals surface area contributed by atoms with Crippen molar-refractivity contribution in [3.05, 3.63) is 76.4 Å². The quantitative estimate of drug-likeness (QED) is 0.419. The predicted octanol–water partition coefficient (Wildman–Crippen LogP) is 4.36. The number of nitrogens with one attached hydrogen (secondary N) is 1. The lowest BCUT2D eigenvalue weighted by Gasteiger charge is -2.12. The molecule has 0 spiro atoms. The number of hydrogen-bond acceptors (Lipinski definition) is 7. The van der Waals surface area contributed by atoms with Gasteiger partial charge in [0.05, 0.1) is 34.2 Å². The van der Waals surface area contributed by atoms with Crippen LogP contribution in [-0.2, 0) is 0 Å². The Morgan fingerprint density at radius 2 is 1.89 bits per heavy atom. The van der Waals surface area contributed by atoms with E-state index in [1.165, 1.54) is 12.1 Å². The minimum Gasteiger partial charge on any atom is -0.323 e. The van der Waals surface area contributed by atoms with Crippen molar-refractivity contribution >= 4 is 28.2 Å². The molecule has 4 aromatic rings. The monoisotopic (exact) mass is 372 g/mol. The Balaban J connectivity index is 1.89. The summed E-state index contributed by atoms with van der Waals surface area (Å²) in [5.41, 5.74) is 4.47. The molecule has 3 heterocycles. The molecule has 0 bridgehead atoms. The molecule has 0 atom stereocenters. The molecule has 28 heavy (non-hydrogen) atoms. The van der Waals surface area contributed by atoms with E-state index in [0.29, 0.717) is 22.7 Å². The van der Waals surface area contributed by atoms with Crippen molar-refractivity contribution in [1.82, 2.24) is 19.9 Å². The maximum absolute atomic E-state index is 11.2. The van der Waals surface area contributed by atoms with Gasteiger partial charge in [-0.2, -0.15) is 0 Å². The zero-order chi connectivity index (χ0) is 19.7. The smallest absolute Gasteiger partial charge is 0.270 e. The molecule has 0 amide bonds. The number of non-ortho nitro benzene ring substituents is 1. The van der Waals surface area contributed by atoms with Crippen LogP contribution in [0, 0.1) is 24.0 Å².